The summed E-state index contributed by atoms with van der Waals surface area (Å²) in [4.78, 5) is 31.7. The quantitative estimate of drug-likeness (QED) is 0.221. The van der Waals surface area contributed by atoms with Gasteiger partial charge in [-0.05, 0) is 56.5 Å². The minimum atomic E-state index is -3.80. The van der Waals surface area contributed by atoms with Gasteiger partial charge >= 0.3 is 0 Å². The van der Waals surface area contributed by atoms with Crippen molar-refractivity contribution in [3.8, 4) is 5.75 Å². The number of benzene rings is 2. The van der Waals surface area contributed by atoms with Crippen molar-refractivity contribution in [1.82, 2.24) is 19.1 Å². The normalized spacial score (nSPS) is 11.5. The molecule has 0 aliphatic rings. The highest BCUT2D eigenvalue weighted by Gasteiger charge is 2.22. The number of hydrogen-bond donors (Lipinski definition) is 0. The predicted octanol–water partition coefficient (Wildman–Crippen LogP) is 3.75. The Morgan fingerprint density at radius 2 is 1.32 bits per heavy atom. The van der Waals surface area contributed by atoms with Crippen LogP contribution in [0.1, 0.15) is 31.4 Å². The highest BCUT2D eigenvalue weighted by atomic mass is 35.5. The molecule has 14 heteroatoms. The SMILES string of the molecule is CCCn1ccnc(S(=O)(=O)CCc2ccc(C)cc2)c1=O.CCn1ccnc(S(=O)(=O)CCOc2ccc(Cl)cc2)c1=O. The van der Waals surface area contributed by atoms with Gasteiger partial charge in [-0.3, -0.25) is 9.59 Å². The number of aryl methyl sites for hydroxylation is 4. The Hall–Kier alpha value is -3.81. The van der Waals surface area contributed by atoms with Crippen molar-refractivity contribution in [2.24, 2.45) is 0 Å². The zero-order valence-electron chi connectivity index (χ0n) is 24.7. The van der Waals surface area contributed by atoms with E-state index >= 15 is 0 Å². The maximum Gasteiger partial charge on any atom is 0.288 e. The number of nitrogens with zero attached hydrogens (tertiary/aromatic N) is 4. The van der Waals surface area contributed by atoms with Gasteiger partial charge in [-0.25, -0.2) is 26.8 Å². The summed E-state index contributed by atoms with van der Waals surface area (Å²) < 4.78 is 57.2. The van der Waals surface area contributed by atoms with E-state index in [-0.39, 0.29) is 23.1 Å². The van der Waals surface area contributed by atoms with E-state index in [4.69, 9.17) is 16.3 Å². The average molecular weight is 663 g/mol. The third kappa shape index (κ3) is 9.60. The molecular formula is C30H35ClN4O7S2. The fourth-order valence-electron chi connectivity index (χ4n) is 3.95. The Morgan fingerprint density at radius 1 is 0.773 bits per heavy atom. The van der Waals surface area contributed by atoms with Crippen LogP contribution in [0.25, 0.3) is 0 Å². The number of ether oxygens (including phenoxy) is 1. The molecule has 0 N–H and O–H groups in total. The molecule has 0 saturated heterocycles. The lowest BCUT2D eigenvalue weighted by atomic mass is 10.1. The zero-order valence-corrected chi connectivity index (χ0v) is 27.1. The molecule has 2 aromatic heterocycles. The molecule has 0 radical (unpaired) electrons. The van der Waals surface area contributed by atoms with Crippen molar-refractivity contribution in [3.05, 3.63) is 110 Å². The van der Waals surface area contributed by atoms with E-state index in [1.165, 1.54) is 33.9 Å². The van der Waals surface area contributed by atoms with E-state index in [9.17, 15) is 26.4 Å². The number of aromatic nitrogens is 4. The standard InChI is InChI=1S/C16H20N2O3S.C14H15ClN2O4S/c1-3-10-18-11-9-17-15(16(18)19)22(20,21)12-8-14-6-4-13(2)5-7-14;1-2-17-8-7-16-13(14(17)18)22(19,20)10-9-21-12-5-3-11(15)4-6-12/h4-7,9,11H,3,8,10,12H2,1-2H3;3-8H,2,9-10H2,1H3. The van der Waals surface area contributed by atoms with Crippen molar-refractivity contribution in [1.29, 1.82) is 0 Å². The Kier molecular flexibility index (Phi) is 12.4. The van der Waals surface area contributed by atoms with Crippen molar-refractivity contribution >= 4 is 31.3 Å². The molecule has 0 aliphatic carbocycles. The predicted molar refractivity (Wildman–Crippen MR) is 169 cm³/mol. The summed E-state index contributed by atoms with van der Waals surface area (Å²) >= 11 is 5.75. The van der Waals surface area contributed by atoms with Crippen molar-refractivity contribution in [3.63, 3.8) is 0 Å². The third-order valence-corrected chi connectivity index (χ3v) is 9.81. The van der Waals surface area contributed by atoms with Crippen LogP contribution >= 0.6 is 11.6 Å². The lowest BCUT2D eigenvalue weighted by Crippen LogP contribution is -2.29. The molecule has 44 heavy (non-hydrogen) atoms. The zero-order chi connectivity index (χ0) is 32.3. The van der Waals surface area contributed by atoms with Crippen LogP contribution in [0, 0.1) is 6.92 Å². The Bertz CT molecular complexity index is 1870. The summed E-state index contributed by atoms with van der Waals surface area (Å²) in [5.41, 5.74) is 0.905. The van der Waals surface area contributed by atoms with Gasteiger partial charge in [0.05, 0.1) is 11.5 Å². The minimum absolute atomic E-state index is 0.0773. The highest BCUT2D eigenvalue weighted by Crippen LogP contribution is 2.16. The molecule has 0 atom stereocenters. The maximum atomic E-state index is 12.4. The van der Waals surface area contributed by atoms with Gasteiger partial charge in [-0.2, -0.15) is 0 Å². The lowest BCUT2D eigenvalue weighted by molar-refractivity contribution is 0.340. The number of halogens is 1. The van der Waals surface area contributed by atoms with Gasteiger partial charge < -0.3 is 13.9 Å². The van der Waals surface area contributed by atoms with E-state index in [1.807, 2.05) is 38.1 Å². The lowest BCUT2D eigenvalue weighted by Gasteiger charge is -2.08. The molecule has 0 saturated carbocycles. The summed E-state index contributed by atoms with van der Waals surface area (Å²) in [6, 6.07) is 14.2. The van der Waals surface area contributed by atoms with Gasteiger partial charge in [-0.1, -0.05) is 48.4 Å². The van der Waals surface area contributed by atoms with Gasteiger partial charge in [-0.15, -0.1) is 0 Å². The van der Waals surface area contributed by atoms with Gasteiger partial charge in [0, 0.05) is 42.9 Å². The smallest absolute Gasteiger partial charge is 0.288 e. The molecular weight excluding hydrogens is 628 g/mol. The van der Waals surface area contributed by atoms with Crippen LogP contribution in [0.5, 0.6) is 5.75 Å². The second-order valence-electron chi connectivity index (χ2n) is 9.73. The van der Waals surface area contributed by atoms with Gasteiger partial charge in [0.2, 0.25) is 29.7 Å². The summed E-state index contributed by atoms with van der Waals surface area (Å²) in [6.45, 7) is 6.45. The van der Waals surface area contributed by atoms with Crippen LogP contribution in [-0.2, 0) is 39.2 Å². The van der Waals surface area contributed by atoms with Crippen molar-refractivity contribution in [2.75, 3.05) is 18.1 Å². The summed E-state index contributed by atoms with van der Waals surface area (Å²) in [5, 5.41) is -0.235. The van der Waals surface area contributed by atoms with Gasteiger partial charge in [0.15, 0.2) is 0 Å². The first-order chi connectivity index (χ1) is 20.9. The van der Waals surface area contributed by atoms with Crippen LogP contribution in [0.4, 0.5) is 0 Å². The molecule has 0 aliphatic heterocycles. The van der Waals surface area contributed by atoms with Crippen molar-refractivity contribution < 1.29 is 21.6 Å². The van der Waals surface area contributed by atoms with Crippen LogP contribution in [0.3, 0.4) is 0 Å². The Labute approximate surface area is 262 Å². The second-order valence-corrected chi connectivity index (χ2v) is 14.2. The molecule has 236 valence electrons. The first kappa shape index (κ1) is 34.7. The number of hydrogen-bond acceptors (Lipinski definition) is 9. The molecule has 2 aromatic carbocycles. The molecule has 0 amide bonds. The minimum Gasteiger partial charge on any atom is -0.493 e. The van der Waals surface area contributed by atoms with E-state index in [0.29, 0.717) is 30.3 Å². The van der Waals surface area contributed by atoms with E-state index in [2.05, 4.69) is 9.97 Å². The van der Waals surface area contributed by atoms with Crippen LogP contribution in [0.2, 0.25) is 5.02 Å². The Balaban J connectivity index is 0.000000240. The molecule has 11 nitrogen and oxygen atoms in total. The van der Waals surface area contributed by atoms with Crippen LogP contribution in [-0.4, -0.2) is 54.1 Å². The van der Waals surface area contributed by atoms with Crippen LogP contribution < -0.4 is 15.9 Å². The average Bonchev–Trinajstić information content (AvgIpc) is 2.99. The topological polar surface area (TPSA) is 147 Å². The molecule has 0 unspecified atom stereocenters. The first-order valence-electron chi connectivity index (χ1n) is 13.9. The van der Waals surface area contributed by atoms with E-state index in [0.717, 1.165) is 17.5 Å². The highest BCUT2D eigenvalue weighted by molar-refractivity contribution is 7.91. The number of sulfone groups is 2. The first-order valence-corrected chi connectivity index (χ1v) is 17.6. The second kappa shape index (κ2) is 15.8. The van der Waals surface area contributed by atoms with Crippen LogP contribution in [0.15, 0.2) is 93.0 Å². The molecule has 2 heterocycles. The molecule has 4 rings (SSSR count). The monoisotopic (exact) mass is 662 g/mol. The summed E-state index contributed by atoms with van der Waals surface area (Å²) in [7, 11) is -7.48. The molecule has 4 aromatic rings. The number of rotatable bonds is 12. The summed E-state index contributed by atoms with van der Waals surface area (Å²) in [5.74, 6) is 0.0617. The van der Waals surface area contributed by atoms with E-state index in [1.54, 1.807) is 31.2 Å². The molecule has 0 spiro atoms. The molecule has 0 fully saturated rings. The maximum absolute atomic E-state index is 12.4. The largest absolute Gasteiger partial charge is 0.493 e. The van der Waals surface area contributed by atoms with E-state index < -0.39 is 35.8 Å². The van der Waals surface area contributed by atoms with Gasteiger partial charge in [0.1, 0.15) is 12.4 Å². The fraction of sp³-hybridized carbons (Fsp3) is 0.333. The summed E-state index contributed by atoms with van der Waals surface area (Å²) in [6.07, 6.45) is 6.77. The van der Waals surface area contributed by atoms with Gasteiger partial charge in [0.25, 0.3) is 11.1 Å². The van der Waals surface area contributed by atoms with Crippen molar-refractivity contribution in [2.45, 2.75) is 56.8 Å². The Morgan fingerprint density at radius 3 is 1.89 bits per heavy atom. The fourth-order valence-corrected chi connectivity index (χ4v) is 6.48. The third-order valence-electron chi connectivity index (χ3n) is 6.37. The molecule has 0 bridgehead atoms.